The van der Waals surface area contributed by atoms with E-state index in [0.717, 1.165) is 6.54 Å². The molecule has 3 nitrogen and oxygen atoms in total. The Morgan fingerprint density at radius 3 is 2.18 bits per heavy atom. The van der Waals surface area contributed by atoms with Gasteiger partial charge < -0.3 is 9.47 Å². The number of ether oxygens (including phenoxy) is 2. The molecule has 0 radical (unpaired) electrons. The molecule has 0 spiro atoms. The molecule has 1 aliphatic heterocycles. The van der Waals surface area contributed by atoms with Gasteiger partial charge >= 0.3 is 0 Å². The third-order valence-corrected chi connectivity index (χ3v) is 2.13. The van der Waals surface area contributed by atoms with Gasteiger partial charge in [-0.1, -0.05) is 0 Å². The van der Waals surface area contributed by atoms with Crippen molar-refractivity contribution in [1.29, 1.82) is 0 Å². The average molecular weight is 159 g/mol. The van der Waals surface area contributed by atoms with Gasteiger partial charge in [0.05, 0.1) is 0 Å². The Kier molecular flexibility index (Phi) is 3.83. The highest BCUT2D eigenvalue weighted by Gasteiger charge is 2.15. The van der Waals surface area contributed by atoms with E-state index in [9.17, 15) is 0 Å². The van der Waals surface area contributed by atoms with E-state index in [4.69, 9.17) is 9.47 Å². The number of likely N-dealkylation sites (tertiary alicyclic amines) is 1. The van der Waals surface area contributed by atoms with Gasteiger partial charge in [0.1, 0.15) is 0 Å². The minimum Gasteiger partial charge on any atom is -0.355 e. The summed E-state index contributed by atoms with van der Waals surface area (Å²) in [5.74, 6) is 0. The van der Waals surface area contributed by atoms with Crippen LogP contribution in [0.1, 0.15) is 12.8 Å². The van der Waals surface area contributed by atoms with Crippen molar-refractivity contribution in [3.8, 4) is 0 Å². The van der Waals surface area contributed by atoms with Crippen LogP contribution in [0.4, 0.5) is 0 Å². The fraction of sp³-hybridized carbons (Fsp3) is 1.00. The summed E-state index contributed by atoms with van der Waals surface area (Å²) in [6.07, 6.45) is 2.59. The molecule has 0 bridgehead atoms. The van der Waals surface area contributed by atoms with Crippen molar-refractivity contribution in [1.82, 2.24) is 4.90 Å². The molecule has 0 N–H and O–H groups in total. The summed E-state index contributed by atoms with van der Waals surface area (Å²) < 4.78 is 10.2. The standard InChI is InChI=1S/C8H17NO2/c1-10-8(11-2)7-9-5-3-4-6-9/h8H,3-7H2,1-2H3. The Hall–Kier alpha value is -0.120. The molecule has 0 aromatic carbocycles. The van der Waals surface area contributed by atoms with E-state index in [1.54, 1.807) is 14.2 Å². The van der Waals surface area contributed by atoms with Crippen LogP contribution in [-0.2, 0) is 9.47 Å². The van der Waals surface area contributed by atoms with E-state index in [1.165, 1.54) is 25.9 Å². The molecule has 1 rings (SSSR count). The lowest BCUT2D eigenvalue weighted by Crippen LogP contribution is -2.32. The number of hydrogen-bond acceptors (Lipinski definition) is 3. The van der Waals surface area contributed by atoms with E-state index in [2.05, 4.69) is 4.90 Å². The molecule has 1 saturated heterocycles. The van der Waals surface area contributed by atoms with E-state index < -0.39 is 0 Å². The maximum atomic E-state index is 5.10. The zero-order valence-corrected chi connectivity index (χ0v) is 7.38. The summed E-state index contributed by atoms with van der Waals surface area (Å²) in [6, 6.07) is 0. The first-order valence-electron chi connectivity index (χ1n) is 4.14. The molecule has 1 aliphatic rings. The fourth-order valence-corrected chi connectivity index (χ4v) is 1.42. The molecule has 1 heterocycles. The lowest BCUT2D eigenvalue weighted by molar-refractivity contribution is -0.114. The highest BCUT2D eigenvalue weighted by atomic mass is 16.7. The van der Waals surface area contributed by atoms with Crippen LogP contribution in [0.25, 0.3) is 0 Å². The first-order chi connectivity index (χ1) is 5.36. The lowest BCUT2D eigenvalue weighted by atomic mass is 10.4. The third-order valence-electron chi connectivity index (χ3n) is 2.13. The Bertz CT molecular complexity index is 98.3. The van der Waals surface area contributed by atoms with Crippen molar-refractivity contribution in [2.24, 2.45) is 0 Å². The maximum Gasteiger partial charge on any atom is 0.169 e. The van der Waals surface area contributed by atoms with Gasteiger partial charge in [0.25, 0.3) is 0 Å². The van der Waals surface area contributed by atoms with Crippen LogP contribution >= 0.6 is 0 Å². The highest BCUT2D eigenvalue weighted by molar-refractivity contribution is 4.66. The van der Waals surface area contributed by atoms with Crippen LogP contribution in [0, 0.1) is 0 Å². The van der Waals surface area contributed by atoms with Crippen LogP contribution in [0.2, 0.25) is 0 Å². The van der Waals surface area contributed by atoms with E-state index in [0.29, 0.717) is 0 Å². The number of hydrogen-bond donors (Lipinski definition) is 0. The molecule has 0 saturated carbocycles. The molecule has 0 atom stereocenters. The van der Waals surface area contributed by atoms with Gasteiger partial charge in [-0.05, 0) is 25.9 Å². The summed E-state index contributed by atoms with van der Waals surface area (Å²) >= 11 is 0. The summed E-state index contributed by atoms with van der Waals surface area (Å²) in [7, 11) is 3.37. The van der Waals surface area contributed by atoms with Gasteiger partial charge in [-0.25, -0.2) is 0 Å². The molecule has 3 heteroatoms. The molecule has 0 aliphatic carbocycles. The smallest absolute Gasteiger partial charge is 0.169 e. The highest BCUT2D eigenvalue weighted by Crippen LogP contribution is 2.08. The Morgan fingerprint density at radius 1 is 1.18 bits per heavy atom. The molecular weight excluding hydrogens is 142 g/mol. The molecule has 0 unspecified atom stereocenters. The Morgan fingerprint density at radius 2 is 1.73 bits per heavy atom. The summed E-state index contributed by atoms with van der Waals surface area (Å²) in [5.41, 5.74) is 0. The topological polar surface area (TPSA) is 21.7 Å². The predicted octanol–water partition coefficient (Wildman–Crippen LogP) is 0.701. The number of methoxy groups -OCH3 is 2. The average Bonchev–Trinajstić information content (AvgIpc) is 2.52. The minimum absolute atomic E-state index is 0.0481. The van der Waals surface area contributed by atoms with Crippen LogP contribution in [-0.4, -0.2) is 45.0 Å². The van der Waals surface area contributed by atoms with Gasteiger partial charge in [0, 0.05) is 20.8 Å². The number of rotatable bonds is 4. The van der Waals surface area contributed by atoms with Crippen molar-refractivity contribution in [3.05, 3.63) is 0 Å². The molecule has 0 aromatic heterocycles. The quantitative estimate of drug-likeness (QED) is 0.564. The first-order valence-corrected chi connectivity index (χ1v) is 4.14. The summed E-state index contributed by atoms with van der Waals surface area (Å²) in [6.45, 7) is 3.31. The largest absolute Gasteiger partial charge is 0.355 e. The third kappa shape index (κ3) is 2.77. The molecule has 66 valence electrons. The van der Waals surface area contributed by atoms with Crippen LogP contribution in [0.3, 0.4) is 0 Å². The molecule has 0 amide bonds. The maximum absolute atomic E-state index is 5.10. The fourth-order valence-electron chi connectivity index (χ4n) is 1.42. The normalized spacial score (nSPS) is 19.9. The zero-order chi connectivity index (χ0) is 8.10. The first kappa shape index (κ1) is 8.97. The zero-order valence-electron chi connectivity index (χ0n) is 7.38. The number of nitrogens with zero attached hydrogens (tertiary/aromatic N) is 1. The van der Waals surface area contributed by atoms with Crippen LogP contribution in [0.15, 0.2) is 0 Å². The predicted molar refractivity (Wildman–Crippen MR) is 43.5 cm³/mol. The molecule has 11 heavy (non-hydrogen) atoms. The molecule has 0 aromatic rings. The Labute approximate surface area is 68.3 Å². The second-order valence-corrected chi connectivity index (χ2v) is 2.91. The molecular formula is C8H17NO2. The van der Waals surface area contributed by atoms with Gasteiger partial charge in [-0.15, -0.1) is 0 Å². The second kappa shape index (κ2) is 4.70. The van der Waals surface area contributed by atoms with Crippen molar-refractivity contribution in [3.63, 3.8) is 0 Å². The van der Waals surface area contributed by atoms with Crippen LogP contribution < -0.4 is 0 Å². The second-order valence-electron chi connectivity index (χ2n) is 2.91. The SMILES string of the molecule is COC(CN1CCCC1)OC. The molecule has 1 fully saturated rings. The van der Waals surface area contributed by atoms with E-state index in [1.807, 2.05) is 0 Å². The van der Waals surface area contributed by atoms with E-state index >= 15 is 0 Å². The van der Waals surface area contributed by atoms with Gasteiger partial charge in [-0.3, -0.25) is 4.90 Å². The van der Waals surface area contributed by atoms with Crippen LogP contribution in [0.5, 0.6) is 0 Å². The summed E-state index contributed by atoms with van der Waals surface area (Å²) in [5, 5.41) is 0. The van der Waals surface area contributed by atoms with Gasteiger partial charge in [-0.2, -0.15) is 0 Å². The van der Waals surface area contributed by atoms with Crippen molar-refractivity contribution < 1.29 is 9.47 Å². The van der Waals surface area contributed by atoms with Crippen molar-refractivity contribution in [2.45, 2.75) is 19.1 Å². The Balaban J connectivity index is 2.16. The van der Waals surface area contributed by atoms with Gasteiger partial charge in [0.2, 0.25) is 0 Å². The van der Waals surface area contributed by atoms with Crippen molar-refractivity contribution >= 4 is 0 Å². The van der Waals surface area contributed by atoms with Gasteiger partial charge in [0.15, 0.2) is 6.29 Å². The monoisotopic (exact) mass is 159 g/mol. The van der Waals surface area contributed by atoms with Crippen molar-refractivity contribution in [2.75, 3.05) is 33.9 Å². The van der Waals surface area contributed by atoms with E-state index in [-0.39, 0.29) is 6.29 Å². The lowest BCUT2D eigenvalue weighted by Gasteiger charge is -2.20. The summed E-state index contributed by atoms with van der Waals surface area (Å²) in [4.78, 5) is 2.37. The minimum atomic E-state index is -0.0481.